The highest BCUT2D eigenvalue weighted by molar-refractivity contribution is 7.09. The standard InChI is InChI=1S/C22H16FNO3S/c23-17-6-3-15(4-7-17)14-27-18-8-5-16-11-24(12-19-2-1-9-28-19)22(20(16)10-18)21(26)13-25/h1-11,13H,12,14H2. The summed E-state index contributed by atoms with van der Waals surface area (Å²) < 4.78 is 20.6. The van der Waals surface area contributed by atoms with Gasteiger partial charge in [0, 0.05) is 21.8 Å². The van der Waals surface area contributed by atoms with Gasteiger partial charge in [-0.1, -0.05) is 18.2 Å². The molecule has 0 aliphatic heterocycles. The largest absolute Gasteiger partial charge is 0.489 e. The topological polar surface area (TPSA) is 48.3 Å². The molecule has 6 heteroatoms. The Kier molecular flexibility index (Phi) is 5.04. The SMILES string of the molecule is O=CC(=O)c1c2cc(OCc3ccc(F)cc3)ccc2cn1Cc1cccs1. The molecule has 0 aliphatic carbocycles. The molecule has 0 spiro atoms. The van der Waals surface area contributed by atoms with Gasteiger partial charge in [0.2, 0.25) is 5.78 Å². The summed E-state index contributed by atoms with van der Waals surface area (Å²) in [5.41, 5.74) is 1.19. The van der Waals surface area contributed by atoms with Crippen molar-refractivity contribution in [3.05, 3.63) is 88.1 Å². The van der Waals surface area contributed by atoms with Crippen LogP contribution in [0.4, 0.5) is 4.39 Å². The summed E-state index contributed by atoms with van der Waals surface area (Å²) in [7, 11) is 0. The second-order valence-corrected chi connectivity index (χ2v) is 7.36. The number of aldehydes is 1. The lowest BCUT2D eigenvalue weighted by atomic mass is 10.1. The molecule has 28 heavy (non-hydrogen) atoms. The van der Waals surface area contributed by atoms with E-state index in [1.165, 1.54) is 12.1 Å². The van der Waals surface area contributed by atoms with Crippen molar-refractivity contribution in [1.29, 1.82) is 0 Å². The van der Waals surface area contributed by atoms with Crippen LogP contribution in [-0.2, 0) is 17.9 Å². The van der Waals surface area contributed by atoms with E-state index in [0.717, 1.165) is 15.8 Å². The normalized spacial score (nSPS) is 10.9. The zero-order valence-corrected chi connectivity index (χ0v) is 15.6. The fourth-order valence-corrected chi connectivity index (χ4v) is 3.81. The lowest BCUT2D eigenvalue weighted by molar-refractivity contribution is -0.104. The highest BCUT2D eigenvalue weighted by Crippen LogP contribution is 2.28. The molecule has 140 valence electrons. The molecule has 0 atom stereocenters. The van der Waals surface area contributed by atoms with Gasteiger partial charge in [0.1, 0.15) is 23.9 Å². The lowest BCUT2D eigenvalue weighted by Crippen LogP contribution is -2.10. The van der Waals surface area contributed by atoms with Gasteiger partial charge in [-0.15, -0.1) is 11.3 Å². The number of carbonyl (C=O) groups is 2. The van der Waals surface area contributed by atoms with Crippen molar-refractivity contribution in [2.24, 2.45) is 0 Å². The summed E-state index contributed by atoms with van der Waals surface area (Å²) in [5, 5.41) is 3.50. The Labute approximate surface area is 164 Å². The summed E-state index contributed by atoms with van der Waals surface area (Å²) >= 11 is 1.59. The number of nitrogens with zero attached hydrogens (tertiary/aromatic N) is 1. The van der Waals surface area contributed by atoms with Gasteiger partial charge in [-0.05, 0) is 47.3 Å². The molecule has 4 aromatic rings. The van der Waals surface area contributed by atoms with Crippen LogP contribution >= 0.6 is 11.3 Å². The fraction of sp³-hybridized carbons (Fsp3) is 0.0909. The number of ether oxygens (including phenoxy) is 1. The van der Waals surface area contributed by atoms with Crippen LogP contribution in [-0.4, -0.2) is 16.6 Å². The molecule has 0 fully saturated rings. The van der Waals surface area contributed by atoms with E-state index in [1.807, 2.05) is 35.8 Å². The first-order valence-corrected chi connectivity index (χ1v) is 9.54. The van der Waals surface area contributed by atoms with Gasteiger partial charge in [-0.2, -0.15) is 0 Å². The van der Waals surface area contributed by atoms with Crippen molar-refractivity contribution in [3.8, 4) is 5.75 Å². The summed E-state index contributed by atoms with van der Waals surface area (Å²) in [5.74, 6) is -0.290. The zero-order valence-electron chi connectivity index (χ0n) is 14.8. The number of fused-ring (bicyclic) bond motifs is 1. The molecule has 2 heterocycles. The fourth-order valence-electron chi connectivity index (χ4n) is 3.10. The van der Waals surface area contributed by atoms with Crippen LogP contribution in [0, 0.1) is 5.82 Å². The van der Waals surface area contributed by atoms with Crippen LogP contribution in [0.3, 0.4) is 0 Å². The third-order valence-corrected chi connectivity index (χ3v) is 5.29. The number of rotatable bonds is 7. The number of halogens is 1. The maximum absolute atomic E-state index is 13.0. The highest BCUT2D eigenvalue weighted by Gasteiger charge is 2.17. The molecule has 0 unspecified atom stereocenters. The first-order chi connectivity index (χ1) is 13.6. The van der Waals surface area contributed by atoms with E-state index in [1.54, 1.807) is 34.1 Å². The smallest absolute Gasteiger partial charge is 0.242 e. The van der Waals surface area contributed by atoms with E-state index in [9.17, 15) is 14.0 Å². The summed E-state index contributed by atoms with van der Waals surface area (Å²) in [6.07, 6.45) is 2.21. The minimum atomic E-state index is -0.567. The maximum Gasteiger partial charge on any atom is 0.242 e. The maximum atomic E-state index is 13.0. The molecule has 2 aromatic carbocycles. The number of hydrogen-bond donors (Lipinski definition) is 0. The number of ketones is 1. The Morgan fingerprint density at radius 3 is 2.68 bits per heavy atom. The number of aromatic nitrogens is 1. The molecule has 0 saturated carbocycles. The number of Topliss-reactive ketones (excluding diaryl/α,β-unsaturated/α-hetero) is 1. The molecular formula is C22H16FNO3S. The average molecular weight is 393 g/mol. The van der Waals surface area contributed by atoms with Crippen LogP contribution in [0.25, 0.3) is 10.8 Å². The summed E-state index contributed by atoms with van der Waals surface area (Å²) in [6, 6.07) is 15.5. The molecule has 0 aliphatic rings. The monoisotopic (exact) mass is 393 g/mol. The van der Waals surface area contributed by atoms with Crippen LogP contribution in [0.5, 0.6) is 5.75 Å². The third-order valence-electron chi connectivity index (χ3n) is 4.43. The second-order valence-electron chi connectivity index (χ2n) is 6.33. The van der Waals surface area contributed by atoms with Crippen molar-refractivity contribution < 1.29 is 18.7 Å². The number of carbonyl (C=O) groups excluding carboxylic acids is 2. The van der Waals surface area contributed by atoms with Crippen molar-refractivity contribution in [2.75, 3.05) is 0 Å². The first kappa shape index (κ1) is 18.1. The van der Waals surface area contributed by atoms with E-state index < -0.39 is 5.78 Å². The van der Waals surface area contributed by atoms with Gasteiger partial charge in [0.05, 0.1) is 6.54 Å². The average Bonchev–Trinajstić information content (AvgIpc) is 3.34. The summed E-state index contributed by atoms with van der Waals surface area (Å²) in [4.78, 5) is 24.6. The van der Waals surface area contributed by atoms with E-state index >= 15 is 0 Å². The Hall–Kier alpha value is -3.25. The van der Waals surface area contributed by atoms with Gasteiger partial charge in [0.25, 0.3) is 0 Å². The Morgan fingerprint density at radius 2 is 1.96 bits per heavy atom. The van der Waals surface area contributed by atoms with Gasteiger partial charge < -0.3 is 9.30 Å². The Bertz CT molecular complexity index is 1130. The molecule has 0 amide bonds. The van der Waals surface area contributed by atoms with Crippen LogP contribution in [0.1, 0.15) is 20.9 Å². The molecule has 0 bridgehead atoms. The van der Waals surface area contributed by atoms with Gasteiger partial charge in [0.15, 0.2) is 6.29 Å². The first-order valence-electron chi connectivity index (χ1n) is 8.66. The Balaban J connectivity index is 1.66. The van der Waals surface area contributed by atoms with E-state index in [2.05, 4.69) is 0 Å². The molecule has 4 rings (SSSR count). The van der Waals surface area contributed by atoms with Crippen molar-refractivity contribution >= 4 is 34.2 Å². The molecular weight excluding hydrogens is 377 g/mol. The van der Waals surface area contributed by atoms with Gasteiger partial charge in [-0.3, -0.25) is 9.59 Å². The van der Waals surface area contributed by atoms with Crippen LogP contribution in [0.15, 0.2) is 66.2 Å². The quantitative estimate of drug-likeness (QED) is 0.256. The van der Waals surface area contributed by atoms with Crippen molar-refractivity contribution in [3.63, 3.8) is 0 Å². The molecule has 0 radical (unpaired) electrons. The molecule has 4 nitrogen and oxygen atoms in total. The number of thiophene rings is 1. The van der Waals surface area contributed by atoms with Gasteiger partial charge in [-0.25, -0.2) is 4.39 Å². The van der Waals surface area contributed by atoms with Crippen LogP contribution < -0.4 is 4.74 Å². The van der Waals surface area contributed by atoms with E-state index in [0.29, 0.717) is 29.7 Å². The molecule has 0 N–H and O–H groups in total. The number of hydrogen-bond acceptors (Lipinski definition) is 4. The Morgan fingerprint density at radius 1 is 1.14 bits per heavy atom. The summed E-state index contributed by atoms with van der Waals surface area (Å²) in [6.45, 7) is 0.797. The minimum Gasteiger partial charge on any atom is -0.489 e. The third kappa shape index (κ3) is 3.73. The van der Waals surface area contributed by atoms with E-state index in [4.69, 9.17) is 4.74 Å². The second kappa shape index (κ2) is 7.78. The lowest BCUT2D eigenvalue weighted by Gasteiger charge is -2.07. The number of benzene rings is 2. The zero-order chi connectivity index (χ0) is 19.5. The predicted octanol–water partition coefficient (Wildman–Crippen LogP) is 4.85. The van der Waals surface area contributed by atoms with E-state index in [-0.39, 0.29) is 12.4 Å². The van der Waals surface area contributed by atoms with Gasteiger partial charge >= 0.3 is 0 Å². The van der Waals surface area contributed by atoms with Crippen molar-refractivity contribution in [1.82, 2.24) is 4.57 Å². The molecule has 0 saturated heterocycles. The minimum absolute atomic E-state index is 0.276. The predicted molar refractivity (Wildman–Crippen MR) is 106 cm³/mol. The van der Waals surface area contributed by atoms with Crippen LogP contribution in [0.2, 0.25) is 0 Å². The highest BCUT2D eigenvalue weighted by atomic mass is 32.1. The van der Waals surface area contributed by atoms with Crippen molar-refractivity contribution in [2.45, 2.75) is 13.2 Å². The molecule has 2 aromatic heterocycles.